The summed E-state index contributed by atoms with van der Waals surface area (Å²) in [5, 5.41) is 1.88. The first-order valence-corrected chi connectivity index (χ1v) is 11.1. The second kappa shape index (κ2) is 8.69. The van der Waals surface area contributed by atoms with E-state index in [0.29, 0.717) is 12.2 Å². The zero-order valence-corrected chi connectivity index (χ0v) is 18.3. The molecule has 5 rings (SSSR count). The molecule has 5 aromatic rings. The number of amides is 1. The van der Waals surface area contributed by atoms with Gasteiger partial charge in [-0.05, 0) is 29.8 Å². The van der Waals surface area contributed by atoms with Crippen molar-refractivity contribution in [2.75, 3.05) is 12.0 Å². The first-order chi connectivity index (χ1) is 15.7. The smallest absolute Gasteiger partial charge is 0.276 e. The summed E-state index contributed by atoms with van der Waals surface area (Å²) in [6, 6.07) is 27.5. The summed E-state index contributed by atoms with van der Waals surface area (Å²) >= 11 is 1.46. The molecule has 0 unspecified atom stereocenters. The summed E-state index contributed by atoms with van der Waals surface area (Å²) in [4.78, 5) is 21.1. The van der Waals surface area contributed by atoms with Gasteiger partial charge in [0.2, 0.25) is 0 Å². The molecule has 3 aromatic carbocycles. The van der Waals surface area contributed by atoms with Crippen molar-refractivity contribution in [2.45, 2.75) is 6.54 Å². The van der Waals surface area contributed by atoms with Gasteiger partial charge in [0.15, 0.2) is 4.96 Å². The van der Waals surface area contributed by atoms with Gasteiger partial charge in [-0.2, -0.15) is 0 Å². The van der Waals surface area contributed by atoms with E-state index in [1.54, 1.807) is 7.11 Å². The molecule has 158 valence electrons. The van der Waals surface area contributed by atoms with Crippen molar-refractivity contribution >= 4 is 27.9 Å². The van der Waals surface area contributed by atoms with E-state index in [4.69, 9.17) is 9.72 Å². The number of fused-ring (bicyclic) bond motifs is 1. The molecule has 0 N–H and O–H groups in total. The van der Waals surface area contributed by atoms with Crippen molar-refractivity contribution in [1.82, 2.24) is 9.38 Å². The van der Waals surface area contributed by atoms with Crippen molar-refractivity contribution in [3.8, 4) is 17.0 Å². The minimum absolute atomic E-state index is 0.0686. The molecule has 0 atom stereocenters. The van der Waals surface area contributed by atoms with Crippen LogP contribution < -0.4 is 9.64 Å². The summed E-state index contributed by atoms with van der Waals surface area (Å²) in [7, 11) is 1.65. The number of hydrogen-bond acceptors (Lipinski definition) is 4. The summed E-state index contributed by atoms with van der Waals surface area (Å²) in [6.45, 7) is 0.485. The minimum atomic E-state index is -0.0686. The maximum Gasteiger partial charge on any atom is 0.276 e. The van der Waals surface area contributed by atoms with Crippen LogP contribution in [0.25, 0.3) is 16.2 Å². The number of thiazole rings is 1. The van der Waals surface area contributed by atoms with Crippen LogP contribution in [0, 0.1) is 0 Å². The summed E-state index contributed by atoms with van der Waals surface area (Å²) in [6.07, 6.45) is 1.92. The highest BCUT2D eigenvalue weighted by atomic mass is 32.1. The third-order valence-electron chi connectivity index (χ3n) is 5.29. The number of para-hydroxylation sites is 1. The molecule has 0 saturated carbocycles. The van der Waals surface area contributed by atoms with Crippen molar-refractivity contribution in [3.63, 3.8) is 0 Å². The van der Waals surface area contributed by atoms with E-state index in [1.807, 2.05) is 106 Å². The molecule has 0 fully saturated rings. The Morgan fingerprint density at radius 2 is 1.75 bits per heavy atom. The highest BCUT2D eigenvalue weighted by molar-refractivity contribution is 7.15. The standard InChI is InChI=1S/C26H21N3O2S/c1-31-22-14-8-11-20(15-22)23-17-29-24(18-32-26(29)27-23)25(30)28(21-12-6-3-7-13-21)16-19-9-4-2-5-10-19/h2-15,17-18H,16H2,1H3. The molecule has 2 heterocycles. The van der Waals surface area contributed by atoms with Crippen LogP contribution in [0.15, 0.2) is 96.5 Å². The second-order valence-electron chi connectivity index (χ2n) is 7.34. The van der Waals surface area contributed by atoms with E-state index in [9.17, 15) is 4.79 Å². The Balaban J connectivity index is 1.53. The fraction of sp³-hybridized carbons (Fsp3) is 0.0769. The Kier molecular flexibility index (Phi) is 5.44. The van der Waals surface area contributed by atoms with Crippen LogP contribution in [0.3, 0.4) is 0 Å². The largest absolute Gasteiger partial charge is 0.497 e. The topological polar surface area (TPSA) is 46.8 Å². The molecule has 0 aliphatic rings. The van der Waals surface area contributed by atoms with Crippen LogP contribution >= 0.6 is 11.3 Å². The zero-order valence-electron chi connectivity index (χ0n) is 17.5. The highest BCUT2D eigenvalue weighted by Gasteiger charge is 2.22. The van der Waals surface area contributed by atoms with Crippen molar-refractivity contribution in [3.05, 3.63) is 108 Å². The van der Waals surface area contributed by atoms with Gasteiger partial charge in [-0.3, -0.25) is 9.20 Å². The predicted octanol–water partition coefficient (Wildman–Crippen LogP) is 5.92. The van der Waals surface area contributed by atoms with E-state index in [-0.39, 0.29) is 5.91 Å². The van der Waals surface area contributed by atoms with E-state index < -0.39 is 0 Å². The molecule has 0 radical (unpaired) electrons. The summed E-state index contributed by atoms with van der Waals surface area (Å²) < 4.78 is 7.22. The van der Waals surface area contributed by atoms with Crippen molar-refractivity contribution in [1.29, 1.82) is 0 Å². The molecule has 2 aromatic heterocycles. The first-order valence-electron chi connectivity index (χ1n) is 10.2. The predicted molar refractivity (Wildman–Crippen MR) is 128 cm³/mol. The van der Waals surface area contributed by atoms with Gasteiger partial charge in [0, 0.05) is 22.8 Å². The molecule has 0 saturated heterocycles. The Morgan fingerprint density at radius 1 is 1.00 bits per heavy atom. The van der Waals surface area contributed by atoms with Gasteiger partial charge >= 0.3 is 0 Å². The van der Waals surface area contributed by atoms with Gasteiger partial charge in [0.05, 0.1) is 19.3 Å². The number of anilines is 1. The maximum atomic E-state index is 13.7. The number of imidazole rings is 1. The molecule has 6 heteroatoms. The number of rotatable bonds is 6. The SMILES string of the molecule is COc1cccc(-c2cn3c(C(=O)N(Cc4ccccc4)c4ccccc4)csc3n2)c1. The minimum Gasteiger partial charge on any atom is -0.497 e. The quantitative estimate of drug-likeness (QED) is 0.330. The van der Waals surface area contributed by atoms with Gasteiger partial charge < -0.3 is 9.64 Å². The number of aromatic nitrogens is 2. The van der Waals surface area contributed by atoms with E-state index >= 15 is 0 Å². The molecule has 0 bridgehead atoms. The molecular formula is C26H21N3O2S. The zero-order chi connectivity index (χ0) is 21.9. The number of benzene rings is 3. The number of carbonyl (C=O) groups excluding carboxylic acids is 1. The number of hydrogen-bond donors (Lipinski definition) is 0. The lowest BCUT2D eigenvalue weighted by Crippen LogP contribution is -2.31. The Bertz CT molecular complexity index is 1360. The summed E-state index contributed by atoms with van der Waals surface area (Å²) in [5.74, 6) is 0.703. The van der Waals surface area contributed by atoms with Crippen LogP contribution in [0.5, 0.6) is 5.75 Å². The summed E-state index contributed by atoms with van der Waals surface area (Å²) in [5.41, 5.74) is 4.26. The average molecular weight is 440 g/mol. The van der Waals surface area contributed by atoms with Crippen molar-refractivity contribution < 1.29 is 9.53 Å². The van der Waals surface area contributed by atoms with E-state index in [2.05, 4.69) is 0 Å². The molecular weight excluding hydrogens is 418 g/mol. The monoisotopic (exact) mass is 439 g/mol. The molecule has 0 aliphatic carbocycles. The highest BCUT2D eigenvalue weighted by Crippen LogP contribution is 2.28. The fourth-order valence-corrected chi connectivity index (χ4v) is 4.50. The van der Waals surface area contributed by atoms with Crippen LogP contribution in [0.1, 0.15) is 16.1 Å². The fourth-order valence-electron chi connectivity index (χ4n) is 3.65. The lowest BCUT2D eigenvalue weighted by molar-refractivity contribution is 0.0979. The van der Waals surface area contributed by atoms with Gasteiger partial charge in [-0.25, -0.2) is 4.98 Å². The third-order valence-corrected chi connectivity index (χ3v) is 6.13. The van der Waals surface area contributed by atoms with Crippen LogP contribution in [0.4, 0.5) is 5.69 Å². The van der Waals surface area contributed by atoms with Crippen LogP contribution in [-0.2, 0) is 6.54 Å². The van der Waals surface area contributed by atoms with Gasteiger partial charge in [-0.15, -0.1) is 11.3 Å². The molecule has 5 nitrogen and oxygen atoms in total. The number of methoxy groups -OCH3 is 1. The first kappa shape index (κ1) is 20.0. The van der Waals surface area contributed by atoms with Crippen molar-refractivity contribution in [2.24, 2.45) is 0 Å². The van der Waals surface area contributed by atoms with E-state index in [1.165, 1.54) is 11.3 Å². The Hall–Kier alpha value is -3.90. The van der Waals surface area contributed by atoms with E-state index in [0.717, 1.165) is 33.2 Å². The maximum absolute atomic E-state index is 13.7. The normalized spacial score (nSPS) is 10.9. The van der Waals surface area contributed by atoms with Gasteiger partial charge in [-0.1, -0.05) is 60.7 Å². The van der Waals surface area contributed by atoms with Crippen LogP contribution in [0.2, 0.25) is 0 Å². The third kappa shape index (κ3) is 3.88. The van der Waals surface area contributed by atoms with Crippen LogP contribution in [-0.4, -0.2) is 22.4 Å². The lowest BCUT2D eigenvalue weighted by atomic mass is 10.1. The average Bonchev–Trinajstić information content (AvgIpc) is 3.45. The number of carbonyl (C=O) groups is 1. The number of ether oxygens (including phenoxy) is 1. The lowest BCUT2D eigenvalue weighted by Gasteiger charge is -2.22. The molecule has 0 spiro atoms. The number of nitrogens with zero attached hydrogens (tertiary/aromatic N) is 3. The molecule has 32 heavy (non-hydrogen) atoms. The van der Waals surface area contributed by atoms with Gasteiger partial charge in [0.25, 0.3) is 5.91 Å². The second-order valence-corrected chi connectivity index (χ2v) is 8.18. The Morgan fingerprint density at radius 3 is 2.50 bits per heavy atom. The Labute approximate surface area is 190 Å². The molecule has 0 aliphatic heterocycles. The molecule has 1 amide bonds. The van der Waals surface area contributed by atoms with Gasteiger partial charge in [0.1, 0.15) is 11.4 Å².